The molecule has 1 aromatic heterocycles. The molecule has 0 bridgehead atoms. The van der Waals surface area contributed by atoms with E-state index in [1.807, 2.05) is 0 Å². The Morgan fingerprint density at radius 1 is 1.26 bits per heavy atom. The van der Waals surface area contributed by atoms with E-state index in [0.717, 1.165) is 23.8 Å². The number of rotatable bonds is 2. The van der Waals surface area contributed by atoms with Crippen molar-refractivity contribution in [2.45, 2.75) is 39.0 Å². The molecule has 1 fully saturated rings. The Bertz CT molecular complexity index is 572. The third-order valence-corrected chi connectivity index (χ3v) is 4.61. The summed E-state index contributed by atoms with van der Waals surface area (Å²) in [7, 11) is 0. The summed E-state index contributed by atoms with van der Waals surface area (Å²) in [6.07, 6.45) is 3.75. The van der Waals surface area contributed by atoms with Crippen molar-refractivity contribution in [3.63, 3.8) is 0 Å². The average Bonchev–Trinajstić information content (AvgIpc) is 2.81. The van der Waals surface area contributed by atoms with E-state index in [9.17, 15) is 0 Å². The van der Waals surface area contributed by atoms with Gasteiger partial charge in [-0.2, -0.15) is 0 Å². The van der Waals surface area contributed by atoms with Crippen LogP contribution < -0.4 is 5.73 Å². The summed E-state index contributed by atoms with van der Waals surface area (Å²) in [5.74, 6) is 3.00. The SMILES string of the molecule is Cc1ccc2oc(C3CC(C)CCC3CN)cc2c1. The van der Waals surface area contributed by atoms with Crippen LogP contribution in [-0.2, 0) is 0 Å². The molecule has 19 heavy (non-hydrogen) atoms. The first-order valence-electron chi connectivity index (χ1n) is 7.37. The third kappa shape index (κ3) is 2.42. The molecule has 2 heteroatoms. The van der Waals surface area contributed by atoms with E-state index in [-0.39, 0.29) is 0 Å². The Kier molecular flexibility index (Phi) is 3.36. The van der Waals surface area contributed by atoms with Crippen LogP contribution in [-0.4, -0.2) is 6.54 Å². The lowest BCUT2D eigenvalue weighted by molar-refractivity contribution is 0.231. The van der Waals surface area contributed by atoms with Crippen LogP contribution in [0.4, 0.5) is 0 Å². The predicted molar refractivity (Wildman–Crippen MR) is 79.3 cm³/mol. The van der Waals surface area contributed by atoms with Gasteiger partial charge < -0.3 is 10.2 Å². The minimum Gasteiger partial charge on any atom is -0.461 e. The van der Waals surface area contributed by atoms with E-state index in [1.165, 1.54) is 30.2 Å². The minimum absolute atomic E-state index is 0.501. The molecule has 2 nitrogen and oxygen atoms in total. The number of aryl methyl sites for hydroxylation is 1. The second kappa shape index (κ2) is 5.01. The molecule has 102 valence electrons. The van der Waals surface area contributed by atoms with Crippen molar-refractivity contribution >= 4 is 11.0 Å². The fourth-order valence-corrected chi connectivity index (χ4v) is 3.44. The average molecular weight is 257 g/mol. The van der Waals surface area contributed by atoms with Crippen molar-refractivity contribution in [2.75, 3.05) is 6.54 Å². The zero-order valence-electron chi connectivity index (χ0n) is 11.9. The molecule has 2 aromatic rings. The fourth-order valence-electron chi connectivity index (χ4n) is 3.44. The van der Waals surface area contributed by atoms with Gasteiger partial charge in [-0.25, -0.2) is 0 Å². The zero-order valence-corrected chi connectivity index (χ0v) is 11.9. The first-order valence-corrected chi connectivity index (χ1v) is 7.37. The van der Waals surface area contributed by atoms with E-state index in [0.29, 0.717) is 11.8 Å². The van der Waals surface area contributed by atoms with Crippen molar-refractivity contribution in [2.24, 2.45) is 17.6 Å². The molecule has 2 N–H and O–H groups in total. The fraction of sp³-hybridized carbons (Fsp3) is 0.529. The maximum absolute atomic E-state index is 6.09. The van der Waals surface area contributed by atoms with Gasteiger partial charge >= 0.3 is 0 Å². The summed E-state index contributed by atoms with van der Waals surface area (Å²) in [6.45, 7) is 5.23. The van der Waals surface area contributed by atoms with Gasteiger partial charge in [0.2, 0.25) is 0 Å². The molecule has 0 amide bonds. The van der Waals surface area contributed by atoms with Crippen LogP contribution in [0.2, 0.25) is 0 Å². The lowest BCUT2D eigenvalue weighted by Gasteiger charge is -2.32. The normalized spacial score (nSPS) is 27.8. The van der Waals surface area contributed by atoms with Crippen molar-refractivity contribution in [3.05, 3.63) is 35.6 Å². The number of hydrogen-bond acceptors (Lipinski definition) is 2. The molecular formula is C17H23NO. The van der Waals surface area contributed by atoms with Crippen LogP contribution in [0.5, 0.6) is 0 Å². The Morgan fingerprint density at radius 2 is 2.11 bits per heavy atom. The largest absolute Gasteiger partial charge is 0.461 e. The van der Waals surface area contributed by atoms with Gasteiger partial charge in [-0.1, -0.05) is 25.0 Å². The molecule has 0 spiro atoms. The minimum atomic E-state index is 0.501. The third-order valence-electron chi connectivity index (χ3n) is 4.61. The van der Waals surface area contributed by atoms with Gasteiger partial charge in [0.25, 0.3) is 0 Å². The molecule has 0 radical (unpaired) electrons. The van der Waals surface area contributed by atoms with E-state index in [4.69, 9.17) is 10.2 Å². The molecule has 1 saturated carbocycles. The van der Waals surface area contributed by atoms with Crippen LogP contribution >= 0.6 is 0 Å². The predicted octanol–water partition coefficient (Wildman–Crippen LogP) is 4.22. The molecule has 1 heterocycles. The number of furan rings is 1. The molecule has 3 atom stereocenters. The van der Waals surface area contributed by atoms with Gasteiger partial charge in [-0.3, -0.25) is 0 Å². The maximum Gasteiger partial charge on any atom is 0.134 e. The highest BCUT2D eigenvalue weighted by molar-refractivity contribution is 5.78. The molecule has 3 unspecified atom stereocenters. The Labute approximate surface area is 115 Å². The first-order chi connectivity index (χ1) is 9.17. The van der Waals surface area contributed by atoms with Crippen LogP contribution in [0.15, 0.2) is 28.7 Å². The van der Waals surface area contributed by atoms with Gasteiger partial charge in [-0.15, -0.1) is 0 Å². The van der Waals surface area contributed by atoms with E-state index in [2.05, 4.69) is 38.1 Å². The van der Waals surface area contributed by atoms with Crippen molar-refractivity contribution in [3.8, 4) is 0 Å². The molecule has 1 aromatic carbocycles. The van der Waals surface area contributed by atoms with Gasteiger partial charge in [0.15, 0.2) is 0 Å². The van der Waals surface area contributed by atoms with E-state index in [1.54, 1.807) is 0 Å². The van der Waals surface area contributed by atoms with Gasteiger partial charge in [-0.05, 0) is 56.3 Å². The summed E-state index contributed by atoms with van der Waals surface area (Å²) in [6, 6.07) is 8.62. The van der Waals surface area contributed by atoms with Crippen LogP contribution in [0.1, 0.15) is 43.4 Å². The summed E-state index contributed by atoms with van der Waals surface area (Å²) >= 11 is 0. The molecule has 0 saturated heterocycles. The number of hydrogen-bond donors (Lipinski definition) is 1. The van der Waals surface area contributed by atoms with E-state index >= 15 is 0 Å². The van der Waals surface area contributed by atoms with Crippen LogP contribution in [0.25, 0.3) is 11.0 Å². The molecular weight excluding hydrogens is 234 g/mol. The monoisotopic (exact) mass is 257 g/mol. The highest BCUT2D eigenvalue weighted by Crippen LogP contribution is 2.41. The quantitative estimate of drug-likeness (QED) is 0.875. The number of fused-ring (bicyclic) bond motifs is 1. The maximum atomic E-state index is 6.09. The lowest BCUT2D eigenvalue weighted by Crippen LogP contribution is -2.27. The summed E-state index contributed by atoms with van der Waals surface area (Å²) in [5, 5.41) is 1.23. The van der Waals surface area contributed by atoms with Gasteiger partial charge in [0, 0.05) is 11.3 Å². The second-order valence-corrected chi connectivity index (χ2v) is 6.21. The zero-order chi connectivity index (χ0) is 13.4. The molecule has 0 aliphatic heterocycles. The topological polar surface area (TPSA) is 39.2 Å². The lowest BCUT2D eigenvalue weighted by atomic mass is 9.73. The Morgan fingerprint density at radius 3 is 2.89 bits per heavy atom. The second-order valence-electron chi connectivity index (χ2n) is 6.21. The molecule has 3 rings (SSSR count). The molecule has 1 aliphatic rings. The standard InChI is InChI=1S/C17H23NO/c1-11-4-6-16-14(7-11)9-17(19-16)15-8-12(2)3-5-13(15)10-18/h4,6-7,9,12-13,15H,3,5,8,10,18H2,1-2H3. The summed E-state index contributed by atoms with van der Waals surface area (Å²) in [5.41, 5.74) is 8.25. The van der Waals surface area contributed by atoms with Crippen molar-refractivity contribution in [1.82, 2.24) is 0 Å². The molecule has 1 aliphatic carbocycles. The highest BCUT2D eigenvalue weighted by Gasteiger charge is 2.31. The number of nitrogens with two attached hydrogens (primary N) is 1. The van der Waals surface area contributed by atoms with Crippen molar-refractivity contribution in [1.29, 1.82) is 0 Å². The first kappa shape index (κ1) is 12.7. The Hall–Kier alpha value is -1.28. The van der Waals surface area contributed by atoms with Crippen molar-refractivity contribution < 1.29 is 4.42 Å². The smallest absolute Gasteiger partial charge is 0.134 e. The van der Waals surface area contributed by atoms with Gasteiger partial charge in [0.1, 0.15) is 11.3 Å². The van der Waals surface area contributed by atoms with E-state index < -0.39 is 0 Å². The van der Waals surface area contributed by atoms with Crippen LogP contribution in [0.3, 0.4) is 0 Å². The summed E-state index contributed by atoms with van der Waals surface area (Å²) in [4.78, 5) is 0. The highest BCUT2D eigenvalue weighted by atomic mass is 16.3. The summed E-state index contributed by atoms with van der Waals surface area (Å²) < 4.78 is 6.09. The van der Waals surface area contributed by atoms with Crippen LogP contribution in [0, 0.1) is 18.8 Å². The Balaban J connectivity index is 1.97. The van der Waals surface area contributed by atoms with Gasteiger partial charge in [0.05, 0.1) is 0 Å². The number of benzene rings is 1.